The summed E-state index contributed by atoms with van der Waals surface area (Å²) >= 11 is 0. The fourth-order valence-electron chi connectivity index (χ4n) is 1.80. The average molecular weight is 195 g/mol. The van der Waals surface area contributed by atoms with Gasteiger partial charge in [-0.3, -0.25) is 10.1 Å². The van der Waals surface area contributed by atoms with Crippen LogP contribution < -0.4 is 5.32 Å². The highest BCUT2D eigenvalue weighted by Gasteiger charge is 2.31. The van der Waals surface area contributed by atoms with E-state index in [-0.39, 0.29) is 6.04 Å². The first kappa shape index (κ1) is 9.27. The fourth-order valence-corrected chi connectivity index (χ4v) is 1.80. The molecule has 0 aromatic carbocycles. The second-order valence-corrected chi connectivity index (χ2v) is 3.64. The van der Waals surface area contributed by atoms with E-state index in [2.05, 4.69) is 5.32 Å². The van der Waals surface area contributed by atoms with Crippen molar-refractivity contribution in [1.29, 1.82) is 0 Å². The Hall–Kier alpha value is -1.29. The molecular formula is C10H13NO3. The molecule has 1 aromatic heterocycles. The summed E-state index contributed by atoms with van der Waals surface area (Å²) in [5.41, 5.74) is 0. The van der Waals surface area contributed by atoms with E-state index < -0.39 is 12.0 Å². The Morgan fingerprint density at radius 3 is 2.86 bits per heavy atom. The van der Waals surface area contributed by atoms with Gasteiger partial charge in [-0.1, -0.05) is 0 Å². The third kappa shape index (κ3) is 1.65. The number of hydrogen-bond donors (Lipinski definition) is 2. The lowest BCUT2D eigenvalue weighted by atomic mass is 10.1. The molecule has 1 aliphatic rings. The van der Waals surface area contributed by atoms with Crippen molar-refractivity contribution in [3.63, 3.8) is 0 Å². The number of hydrogen-bond acceptors (Lipinski definition) is 3. The monoisotopic (exact) mass is 195 g/mol. The minimum Gasteiger partial charge on any atom is -0.480 e. The van der Waals surface area contributed by atoms with Crippen molar-refractivity contribution >= 4 is 5.97 Å². The number of rotatable bonds is 2. The van der Waals surface area contributed by atoms with Crippen LogP contribution in [0.3, 0.4) is 0 Å². The molecule has 2 heterocycles. The van der Waals surface area contributed by atoms with Gasteiger partial charge in [0.05, 0.1) is 6.04 Å². The van der Waals surface area contributed by atoms with Gasteiger partial charge in [0.1, 0.15) is 17.6 Å². The number of carboxylic acids is 1. The van der Waals surface area contributed by atoms with Crippen LogP contribution in [0.1, 0.15) is 30.4 Å². The zero-order valence-corrected chi connectivity index (χ0v) is 7.99. The molecule has 0 aliphatic carbocycles. The topological polar surface area (TPSA) is 62.5 Å². The molecule has 1 fully saturated rings. The van der Waals surface area contributed by atoms with Crippen LogP contribution in [0.25, 0.3) is 0 Å². The van der Waals surface area contributed by atoms with E-state index in [0.29, 0.717) is 6.42 Å². The molecule has 2 atom stereocenters. The summed E-state index contributed by atoms with van der Waals surface area (Å²) in [5.74, 6) is 0.919. The van der Waals surface area contributed by atoms with Gasteiger partial charge in [-0.05, 0) is 31.9 Å². The molecule has 0 spiro atoms. The van der Waals surface area contributed by atoms with Gasteiger partial charge in [0.2, 0.25) is 0 Å². The molecule has 0 saturated carbocycles. The first-order valence-electron chi connectivity index (χ1n) is 4.72. The first-order valence-corrected chi connectivity index (χ1v) is 4.72. The van der Waals surface area contributed by atoms with E-state index in [0.717, 1.165) is 17.9 Å². The van der Waals surface area contributed by atoms with Crippen molar-refractivity contribution in [2.45, 2.75) is 31.8 Å². The smallest absolute Gasteiger partial charge is 0.320 e. The van der Waals surface area contributed by atoms with Gasteiger partial charge < -0.3 is 9.52 Å². The van der Waals surface area contributed by atoms with Crippen LogP contribution >= 0.6 is 0 Å². The zero-order chi connectivity index (χ0) is 10.1. The maximum absolute atomic E-state index is 10.7. The molecule has 1 aromatic rings. The molecule has 0 radical (unpaired) electrons. The van der Waals surface area contributed by atoms with Crippen molar-refractivity contribution in [3.05, 3.63) is 23.7 Å². The summed E-state index contributed by atoms with van der Waals surface area (Å²) in [5, 5.41) is 11.8. The van der Waals surface area contributed by atoms with Crippen LogP contribution in [0.4, 0.5) is 0 Å². The molecule has 4 heteroatoms. The number of nitrogens with one attached hydrogen (secondary N) is 1. The summed E-state index contributed by atoms with van der Waals surface area (Å²) in [7, 11) is 0. The second kappa shape index (κ2) is 3.46. The summed E-state index contributed by atoms with van der Waals surface area (Å²) in [4.78, 5) is 10.7. The molecule has 0 amide bonds. The lowest BCUT2D eigenvalue weighted by molar-refractivity contribution is -0.139. The third-order valence-corrected chi connectivity index (χ3v) is 2.55. The van der Waals surface area contributed by atoms with E-state index in [1.54, 1.807) is 0 Å². The van der Waals surface area contributed by atoms with Crippen LogP contribution in [0.15, 0.2) is 16.5 Å². The van der Waals surface area contributed by atoms with Gasteiger partial charge in [0, 0.05) is 0 Å². The normalized spacial score (nSPS) is 26.6. The Morgan fingerprint density at radius 1 is 1.57 bits per heavy atom. The van der Waals surface area contributed by atoms with Crippen LogP contribution in [0.5, 0.6) is 0 Å². The van der Waals surface area contributed by atoms with Crippen LogP contribution in [-0.2, 0) is 4.79 Å². The predicted octanol–water partition coefficient (Wildman–Crippen LogP) is 1.47. The average Bonchev–Trinajstić information content (AvgIpc) is 2.70. The van der Waals surface area contributed by atoms with Gasteiger partial charge in [0.25, 0.3) is 0 Å². The molecule has 0 bridgehead atoms. The maximum atomic E-state index is 10.7. The quantitative estimate of drug-likeness (QED) is 0.750. The SMILES string of the molecule is Cc1ccc(C2CCC(C(=O)O)N2)o1. The van der Waals surface area contributed by atoms with Crippen LogP contribution in [-0.4, -0.2) is 17.1 Å². The summed E-state index contributed by atoms with van der Waals surface area (Å²) in [6, 6.07) is 3.43. The number of furan rings is 1. The highest BCUT2D eigenvalue weighted by atomic mass is 16.4. The molecule has 1 saturated heterocycles. The van der Waals surface area contributed by atoms with Gasteiger partial charge in [0.15, 0.2) is 0 Å². The number of aryl methyl sites for hydroxylation is 1. The van der Waals surface area contributed by atoms with E-state index in [9.17, 15) is 4.79 Å². The minimum atomic E-state index is -0.782. The van der Waals surface area contributed by atoms with Crippen molar-refractivity contribution in [1.82, 2.24) is 5.32 Å². The lowest BCUT2D eigenvalue weighted by Gasteiger charge is -2.08. The zero-order valence-electron chi connectivity index (χ0n) is 7.99. The summed E-state index contributed by atoms with van der Waals surface area (Å²) in [6.45, 7) is 1.88. The standard InChI is InChI=1S/C10H13NO3/c1-6-2-5-9(14-6)7-3-4-8(11-7)10(12)13/h2,5,7-8,11H,3-4H2,1H3,(H,12,13). The van der Waals surface area contributed by atoms with E-state index in [4.69, 9.17) is 9.52 Å². The third-order valence-electron chi connectivity index (χ3n) is 2.55. The van der Waals surface area contributed by atoms with Crippen molar-refractivity contribution in [3.8, 4) is 0 Å². The van der Waals surface area contributed by atoms with Gasteiger partial charge in [-0.15, -0.1) is 0 Å². The molecular weight excluding hydrogens is 182 g/mol. The van der Waals surface area contributed by atoms with Crippen molar-refractivity contribution < 1.29 is 14.3 Å². The van der Waals surface area contributed by atoms with Gasteiger partial charge >= 0.3 is 5.97 Å². The first-order chi connectivity index (χ1) is 6.66. The molecule has 14 heavy (non-hydrogen) atoms. The largest absolute Gasteiger partial charge is 0.480 e. The summed E-state index contributed by atoms with van der Waals surface area (Å²) in [6.07, 6.45) is 1.49. The number of carbonyl (C=O) groups is 1. The molecule has 2 rings (SSSR count). The second-order valence-electron chi connectivity index (χ2n) is 3.64. The van der Waals surface area contributed by atoms with Crippen molar-refractivity contribution in [2.75, 3.05) is 0 Å². The molecule has 4 nitrogen and oxygen atoms in total. The van der Waals surface area contributed by atoms with Gasteiger partial charge in [-0.25, -0.2) is 0 Å². The summed E-state index contributed by atoms with van der Waals surface area (Å²) < 4.78 is 5.44. The highest BCUT2D eigenvalue weighted by Crippen LogP contribution is 2.27. The number of carboxylic acid groups (broad SMARTS) is 1. The molecule has 1 aliphatic heterocycles. The minimum absolute atomic E-state index is 0.0600. The van der Waals surface area contributed by atoms with E-state index in [1.807, 2.05) is 19.1 Å². The lowest BCUT2D eigenvalue weighted by Crippen LogP contribution is -2.31. The van der Waals surface area contributed by atoms with Gasteiger partial charge in [-0.2, -0.15) is 0 Å². The predicted molar refractivity (Wildman–Crippen MR) is 50.0 cm³/mol. The molecule has 2 N–H and O–H groups in total. The maximum Gasteiger partial charge on any atom is 0.320 e. The van der Waals surface area contributed by atoms with Crippen molar-refractivity contribution in [2.24, 2.45) is 0 Å². The number of aliphatic carboxylic acids is 1. The Bertz CT molecular complexity index is 345. The Balaban J connectivity index is 2.05. The van der Waals surface area contributed by atoms with E-state index in [1.165, 1.54) is 0 Å². The molecule has 2 unspecified atom stereocenters. The fraction of sp³-hybridized carbons (Fsp3) is 0.500. The Kier molecular flexibility index (Phi) is 2.29. The van der Waals surface area contributed by atoms with Crippen LogP contribution in [0, 0.1) is 6.92 Å². The highest BCUT2D eigenvalue weighted by molar-refractivity contribution is 5.73. The van der Waals surface area contributed by atoms with Crippen LogP contribution in [0.2, 0.25) is 0 Å². The Morgan fingerprint density at radius 2 is 2.36 bits per heavy atom. The van der Waals surface area contributed by atoms with E-state index >= 15 is 0 Å². The Labute approximate surface area is 81.9 Å². The molecule has 76 valence electrons.